The maximum atomic E-state index is 12.7. The number of hydrogen-bond donors (Lipinski definition) is 1. The Kier molecular flexibility index (Phi) is 6.02. The predicted molar refractivity (Wildman–Crippen MR) is 82.3 cm³/mol. The van der Waals surface area contributed by atoms with Gasteiger partial charge in [-0.15, -0.1) is 0 Å². The number of carbonyl (C=O) groups excluding carboxylic acids is 1. The van der Waals surface area contributed by atoms with Gasteiger partial charge >= 0.3 is 0 Å². The Hall–Kier alpha value is -0.220. The van der Waals surface area contributed by atoms with E-state index in [1.807, 2.05) is 11.8 Å². The van der Waals surface area contributed by atoms with Crippen molar-refractivity contribution >= 4 is 17.7 Å². The lowest BCUT2D eigenvalue weighted by atomic mass is 9.85. The number of hydrogen-bond acceptors (Lipinski definition) is 3. The highest BCUT2D eigenvalue weighted by Crippen LogP contribution is 2.28. The summed E-state index contributed by atoms with van der Waals surface area (Å²) in [6.45, 7) is 4.14. The van der Waals surface area contributed by atoms with Crippen molar-refractivity contribution in [2.45, 2.75) is 63.2 Å². The summed E-state index contributed by atoms with van der Waals surface area (Å²) in [6, 6.07) is 0.246. The van der Waals surface area contributed by atoms with Gasteiger partial charge in [-0.3, -0.25) is 4.79 Å². The monoisotopic (exact) mass is 284 g/mol. The second kappa shape index (κ2) is 7.53. The lowest BCUT2D eigenvalue weighted by Crippen LogP contribution is -2.42. The minimum Gasteiger partial charge on any atom is -0.341 e. The first kappa shape index (κ1) is 15.2. The average Bonchev–Trinajstić information content (AvgIpc) is 2.64. The molecule has 1 saturated carbocycles. The molecule has 1 aliphatic heterocycles. The molecule has 0 bridgehead atoms. The summed E-state index contributed by atoms with van der Waals surface area (Å²) >= 11 is 2.02. The first-order valence-electron chi connectivity index (χ1n) is 7.86. The van der Waals surface area contributed by atoms with Crippen molar-refractivity contribution in [1.29, 1.82) is 0 Å². The van der Waals surface area contributed by atoms with Crippen LogP contribution in [-0.2, 0) is 4.79 Å². The zero-order valence-electron chi connectivity index (χ0n) is 12.1. The van der Waals surface area contributed by atoms with Crippen LogP contribution in [0.1, 0.15) is 51.9 Å². The number of rotatable bonds is 3. The molecule has 4 heteroatoms. The molecule has 2 aliphatic rings. The normalized spacial score (nSPS) is 32.9. The van der Waals surface area contributed by atoms with E-state index in [0.717, 1.165) is 44.5 Å². The number of thioether (sulfide) groups is 1. The van der Waals surface area contributed by atoms with Crippen molar-refractivity contribution in [2.24, 2.45) is 11.7 Å². The van der Waals surface area contributed by atoms with Gasteiger partial charge in [-0.25, -0.2) is 0 Å². The molecule has 110 valence electrons. The Balaban J connectivity index is 1.92. The molecule has 2 rings (SSSR count). The van der Waals surface area contributed by atoms with Gasteiger partial charge in [0.15, 0.2) is 0 Å². The van der Waals surface area contributed by atoms with Crippen LogP contribution in [-0.4, -0.2) is 40.9 Å². The Labute approximate surface area is 121 Å². The van der Waals surface area contributed by atoms with E-state index in [-0.39, 0.29) is 12.0 Å². The molecule has 0 aromatic heterocycles. The molecule has 1 heterocycles. The third-order valence-corrected chi connectivity index (χ3v) is 5.60. The molecule has 2 fully saturated rings. The van der Waals surface area contributed by atoms with Crippen LogP contribution in [0.2, 0.25) is 0 Å². The number of carbonyl (C=O) groups is 1. The molecule has 1 aliphatic carbocycles. The summed E-state index contributed by atoms with van der Waals surface area (Å²) < 4.78 is 0. The van der Waals surface area contributed by atoms with Crippen molar-refractivity contribution in [3.63, 3.8) is 0 Å². The lowest BCUT2D eigenvalue weighted by molar-refractivity contribution is -0.136. The highest BCUT2D eigenvalue weighted by atomic mass is 32.2. The summed E-state index contributed by atoms with van der Waals surface area (Å²) in [5.41, 5.74) is 6.02. The molecule has 1 amide bonds. The minimum absolute atomic E-state index is 0.203. The van der Waals surface area contributed by atoms with Crippen molar-refractivity contribution in [3.8, 4) is 0 Å². The van der Waals surface area contributed by atoms with E-state index in [0.29, 0.717) is 11.2 Å². The molecule has 3 atom stereocenters. The van der Waals surface area contributed by atoms with Crippen LogP contribution < -0.4 is 5.73 Å². The Bertz CT molecular complexity index is 298. The van der Waals surface area contributed by atoms with Crippen molar-refractivity contribution in [2.75, 3.05) is 18.8 Å². The van der Waals surface area contributed by atoms with Crippen molar-refractivity contribution in [1.82, 2.24) is 4.90 Å². The van der Waals surface area contributed by atoms with Gasteiger partial charge in [-0.1, -0.05) is 19.8 Å². The van der Waals surface area contributed by atoms with E-state index in [1.54, 1.807) is 0 Å². The second-order valence-corrected chi connectivity index (χ2v) is 7.56. The van der Waals surface area contributed by atoms with E-state index in [4.69, 9.17) is 5.73 Å². The van der Waals surface area contributed by atoms with Gasteiger partial charge in [0.1, 0.15) is 0 Å². The molecule has 3 nitrogen and oxygen atoms in total. The number of nitrogens with zero attached hydrogens (tertiary/aromatic N) is 1. The molecule has 2 N–H and O–H groups in total. The first-order valence-corrected chi connectivity index (χ1v) is 8.91. The van der Waals surface area contributed by atoms with Crippen LogP contribution in [0, 0.1) is 5.92 Å². The average molecular weight is 284 g/mol. The molecule has 0 aromatic carbocycles. The molecule has 1 saturated heterocycles. The fraction of sp³-hybridized carbons (Fsp3) is 0.933. The van der Waals surface area contributed by atoms with Gasteiger partial charge in [0, 0.05) is 30.3 Å². The topological polar surface area (TPSA) is 46.3 Å². The third-order valence-electron chi connectivity index (χ3n) is 4.41. The Morgan fingerprint density at radius 1 is 1.26 bits per heavy atom. The van der Waals surface area contributed by atoms with Gasteiger partial charge in [-0.2, -0.15) is 11.8 Å². The molecule has 0 radical (unpaired) electrons. The molecule has 3 unspecified atom stereocenters. The SMILES string of the molecule is CCSC1CCCCN(C(=O)C2CCCC(N)C2)C1. The van der Waals surface area contributed by atoms with Crippen LogP contribution in [0.15, 0.2) is 0 Å². The van der Waals surface area contributed by atoms with Gasteiger partial charge in [0.05, 0.1) is 0 Å². The smallest absolute Gasteiger partial charge is 0.225 e. The lowest BCUT2D eigenvalue weighted by Gasteiger charge is -2.32. The Morgan fingerprint density at radius 2 is 2.11 bits per heavy atom. The first-order chi connectivity index (χ1) is 9.20. The summed E-state index contributed by atoms with van der Waals surface area (Å²) in [4.78, 5) is 14.8. The maximum Gasteiger partial charge on any atom is 0.225 e. The van der Waals surface area contributed by atoms with E-state index in [1.165, 1.54) is 19.3 Å². The van der Waals surface area contributed by atoms with E-state index < -0.39 is 0 Å². The van der Waals surface area contributed by atoms with E-state index in [2.05, 4.69) is 11.8 Å². The predicted octanol–water partition coefficient (Wildman–Crippen LogP) is 2.64. The minimum atomic E-state index is 0.203. The maximum absolute atomic E-state index is 12.7. The van der Waals surface area contributed by atoms with Crippen molar-refractivity contribution < 1.29 is 4.79 Å². The van der Waals surface area contributed by atoms with Gasteiger partial charge in [-0.05, 0) is 37.9 Å². The molecular formula is C15H28N2OS. The van der Waals surface area contributed by atoms with Crippen LogP contribution >= 0.6 is 11.8 Å². The van der Waals surface area contributed by atoms with Gasteiger partial charge in [0.2, 0.25) is 5.91 Å². The van der Waals surface area contributed by atoms with Crippen LogP contribution in [0.5, 0.6) is 0 Å². The third kappa shape index (κ3) is 4.38. The molecule has 0 aromatic rings. The number of likely N-dealkylation sites (tertiary alicyclic amines) is 1. The van der Waals surface area contributed by atoms with Crippen LogP contribution in [0.25, 0.3) is 0 Å². The summed E-state index contributed by atoms with van der Waals surface area (Å²) in [6.07, 6.45) is 7.88. The quantitative estimate of drug-likeness (QED) is 0.866. The summed E-state index contributed by atoms with van der Waals surface area (Å²) in [7, 11) is 0. The molecular weight excluding hydrogens is 256 g/mol. The van der Waals surface area contributed by atoms with Gasteiger partial charge in [0.25, 0.3) is 0 Å². The van der Waals surface area contributed by atoms with Crippen molar-refractivity contribution in [3.05, 3.63) is 0 Å². The fourth-order valence-electron chi connectivity index (χ4n) is 3.39. The molecule has 0 spiro atoms. The highest BCUT2D eigenvalue weighted by molar-refractivity contribution is 7.99. The Morgan fingerprint density at radius 3 is 2.84 bits per heavy atom. The van der Waals surface area contributed by atoms with Crippen LogP contribution in [0.3, 0.4) is 0 Å². The zero-order chi connectivity index (χ0) is 13.7. The fourth-order valence-corrected chi connectivity index (χ4v) is 4.48. The van der Waals surface area contributed by atoms with Gasteiger partial charge < -0.3 is 10.6 Å². The molecule has 19 heavy (non-hydrogen) atoms. The summed E-state index contributed by atoms with van der Waals surface area (Å²) in [5.74, 6) is 1.74. The highest BCUT2D eigenvalue weighted by Gasteiger charge is 2.30. The van der Waals surface area contributed by atoms with E-state index in [9.17, 15) is 4.79 Å². The zero-order valence-corrected chi connectivity index (χ0v) is 13.0. The number of amides is 1. The standard InChI is InChI=1S/C15H28N2OS/c1-2-19-14-8-3-4-9-17(11-14)15(18)12-6-5-7-13(16)10-12/h12-14H,2-11,16H2,1H3. The number of nitrogens with two attached hydrogens (primary N) is 1. The van der Waals surface area contributed by atoms with E-state index >= 15 is 0 Å². The summed E-state index contributed by atoms with van der Waals surface area (Å²) in [5, 5.41) is 0.647. The van der Waals surface area contributed by atoms with Crippen LogP contribution in [0.4, 0.5) is 0 Å². The second-order valence-electron chi connectivity index (χ2n) is 5.98. The largest absolute Gasteiger partial charge is 0.341 e.